The lowest BCUT2D eigenvalue weighted by Crippen LogP contribution is -2.39. The number of aromatic nitrogens is 1. The van der Waals surface area contributed by atoms with Gasteiger partial charge in [-0.2, -0.15) is 0 Å². The summed E-state index contributed by atoms with van der Waals surface area (Å²) in [6.07, 6.45) is 0.719. The smallest absolute Gasteiger partial charge is 0.337 e. The van der Waals surface area contributed by atoms with Gasteiger partial charge in [0.05, 0.1) is 24.9 Å². The Hall–Kier alpha value is -3.48. The number of anilines is 1. The van der Waals surface area contributed by atoms with Crippen molar-refractivity contribution in [2.45, 2.75) is 13.0 Å². The van der Waals surface area contributed by atoms with Gasteiger partial charge in [0.2, 0.25) is 0 Å². The van der Waals surface area contributed by atoms with E-state index in [0.29, 0.717) is 18.8 Å². The van der Waals surface area contributed by atoms with Crippen molar-refractivity contribution < 1.29 is 19.4 Å². The molecular formula is C20H19N3O4. The zero-order valence-corrected chi connectivity index (χ0v) is 14.8. The van der Waals surface area contributed by atoms with Gasteiger partial charge in [-0.15, -0.1) is 0 Å². The van der Waals surface area contributed by atoms with E-state index in [0.717, 1.165) is 28.8 Å². The van der Waals surface area contributed by atoms with E-state index in [1.54, 1.807) is 30.2 Å². The second-order valence-electron chi connectivity index (χ2n) is 6.45. The second kappa shape index (κ2) is 6.68. The molecule has 27 heavy (non-hydrogen) atoms. The summed E-state index contributed by atoms with van der Waals surface area (Å²) in [4.78, 5) is 29.0. The Morgan fingerprint density at radius 2 is 2.04 bits per heavy atom. The van der Waals surface area contributed by atoms with Crippen LogP contribution in [-0.4, -0.2) is 40.6 Å². The molecule has 1 aliphatic rings. The molecule has 3 N–H and O–H groups in total. The van der Waals surface area contributed by atoms with Crippen LogP contribution in [0.3, 0.4) is 0 Å². The number of nitrogens with zero attached hydrogens (tertiary/aromatic N) is 1. The molecule has 2 aromatic carbocycles. The van der Waals surface area contributed by atoms with Gasteiger partial charge in [-0.25, -0.2) is 9.59 Å². The molecule has 0 bridgehead atoms. The molecule has 0 fully saturated rings. The van der Waals surface area contributed by atoms with Crippen LogP contribution in [0.15, 0.2) is 42.5 Å². The minimum atomic E-state index is -1.07. The molecule has 0 aliphatic carbocycles. The van der Waals surface area contributed by atoms with E-state index in [2.05, 4.69) is 10.3 Å². The number of hydrogen-bond acceptors (Lipinski definition) is 3. The minimum Gasteiger partial charge on any atom is -0.497 e. The fraction of sp³-hybridized carbons (Fsp3) is 0.200. The largest absolute Gasteiger partial charge is 0.497 e. The summed E-state index contributed by atoms with van der Waals surface area (Å²) >= 11 is 0. The third kappa shape index (κ3) is 3.08. The Labute approximate surface area is 155 Å². The predicted octanol–water partition coefficient (Wildman–Crippen LogP) is 3.46. The zero-order chi connectivity index (χ0) is 19.0. The molecule has 1 aliphatic heterocycles. The van der Waals surface area contributed by atoms with Gasteiger partial charge in [-0.1, -0.05) is 12.1 Å². The van der Waals surface area contributed by atoms with Gasteiger partial charge in [0.25, 0.3) is 0 Å². The lowest BCUT2D eigenvalue weighted by molar-refractivity contribution is 0.0698. The van der Waals surface area contributed by atoms with Crippen LogP contribution in [0, 0.1) is 0 Å². The highest BCUT2D eigenvalue weighted by Gasteiger charge is 2.25. The number of carboxylic acids is 1. The van der Waals surface area contributed by atoms with E-state index in [1.165, 1.54) is 11.6 Å². The van der Waals surface area contributed by atoms with E-state index in [9.17, 15) is 14.7 Å². The summed E-state index contributed by atoms with van der Waals surface area (Å²) < 4.78 is 5.30. The van der Waals surface area contributed by atoms with Crippen molar-refractivity contribution in [2.24, 2.45) is 0 Å². The number of ether oxygens (including phenoxy) is 1. The molecule has 0 saturated heterocycles. The van der Waals surface area contributed by atoms with Gasteiger partial charge in [0, 0.05) is 23.1 Å². The average Bonchev–Trinajstić information content (AvgIpc) is 3.05. The van der Waals surface area contributed by atoms with Gasteiger partial charge in [0.1, 0.15) is 5.75 Å². The third-order valence-corrected chi connectivity index (χ3v) is 4.87. The number of methoxy groups -OCH3 is 1. The zero-order valence-electron chi connectivity index (χ0n) is 14.8. The first-order valence-corrected chi connectivity index (χ1v) is 8.62. The van der Waals surface area contributed by atoms with Crippen molar-refractivity contribution in [1.82, 2.24) is 9.88 Å². The number of urea groups is 1. The maximum Gasteiger partial charge on any atom is 0.337 e. The molecular weight excluding hydrogens is 346 g/mol. The first-order valence-electron chi connectivity index (χ1n) is 8.62. The topological polar surface area (TPSA) is 94.7 Å². The van der Waals surface area contributed by atoms with Gasteiger partial charge in [-0.3, -0.25) is 0 Å². The molecule has 7 nitrogen and oxygen atoms in total. The number of carbonyl (C=O) groups is 2. The number of H-pyrrole nitrogens is 1. The van der Waals surface area contributed by atoms with E-state index in [1.807, 2.05) is 18.2 Å². The predicted molar refractivity (Wildman–Crippen MR) is 101 cm³/mol. The minimum absolute atomic E-state index is 0.0706. The van der Waals surface area contributed by atoms with Gasteiger partial charge < -0.3 is 25.0 Å². The normalized spacial score (nSPS) is 13.3. The quantitative estimate of drug-likeness (QED) is 0.662. The van der Waals surface area contributed by atoms with E-state index < -0.39 is 5.97 Å². The van der Waals surface area contributed by atoms with Crippen LogP contribution in [0.1, 0.15) is 21.6 Å². The van der Waals surface area contributed by atoms with E-state index in [4.69, 9.17) is 4.74 Å². The Balaban J connectivity index is 1.56. The highest BCUT2D eigenvalue weighted by atomic mass is 16.5. The van der Waals surface area contributed by atoms with Crippen molar-refractivity contribution in [3.8, 4) is 5.75 Å². The lowest BCUT2D eigenvalue weighted by atomic mass is 10.0. The van der Waals surface area contributed by atoms with Crippen LogP contribution in [-0.2, 0) is 13.0 Å². The van der Waals surface area contributed by atoms with Crippen molar-refractivity contribution in [2.75, 3.05) is 19.0 Å². The SMILES string of the molecule is COc1ccc2[nH]c3c(c2c1)CCN(C(=O)Nc1ccccc1C(=O)O)C3. The molecule has 0 saturated carbocycles. The number of carboxylic acid groups (broad SMARTS) is 1. The van der Waals surface area contributed by atoms with Crippen LogP contribution in [0.25, 0.3) is 10.9 Å². The van der Waals surface area contributed by atoms with E-state index >= 15 is 0 Å². The van der Waals surface area contributed by atoms with Crippen LogP contribution >= 0.6 is 0 Å². The Morgan fingerprint density at radius 1 is 1.22 bits per heavy atom. The van der Waals surface area contributed by atoms with Crippen LogP contribution in [0.5, 0.6) is 5.75 Å². The van der Waals surface area contributed by atoms with E-state index in [-0.39, 0.29) is 11.6 Å². The molecule has 3 aromatic rings. The van der Waals surface area contributed by atoms with Crippen molar-refractivity contribution >= 4 is 28.6 Å². The summed E-state index contributed by atoms with van der Waals surface area (Å²) in [7, 11) is 1.64. The second-order valence-corrected chi connectivity index (χ2v) is 6.45. The maximum absolute atomic E-state index is 12.7. The molecule has 7 heteroatoms. The number of carbonyl (C=O) groups excluding carboxylic acids is 1. The van der Waals surface area contributed by atoms with Gasteiger partial charge in [-0.05, 0) is 42.3 Å². The molecule has 1 aromatic heterocycles. The maximum atomic E-state index is 12.7. The standard InChI is InChI=1S/C20H19N3O4/c1-27-12-6-7-17-15(10-12)13-8-9-23(11-18(13)21-17)20(26)22-16-5-3-2-4-14(16)19(24)25/h2-7,10,21H,8-9,11H2,1H3,(H,22,26)(H,24,25). The van der Waals surface area contributed by atoms with Crippen LogP contribution < -0.4 is 10.1 Å². The summed E-state index contributed by atoms with van der Waals surface area (Å²) in [5.74, 6) is -0.272. The number of rotatable bonds is 3. The van der Waals surface area contributed by atoms with Gasteiger partial charge >= 0.3 is 12.0 Å². The Kier molecular flexibility index (Phi) is 4.19. The van der Waals surface area contributed by atoms with Crippen LogP contribution in [0.2, 0.25) is 0 Å². The number of nitrogens with one attached hydrogen (secondary N) is 2. The number of benzene rings is 2. The number of fused-ring (bicyclic) bond motifs is 3. The summed E-state index contributed by atoms with van der Waals surface area (Å²) in [5.41, 5.74) is 3.56. The third-order valence-electron chi connectivity index (χ3n) is 4.87. The molecule has 138 valence electrons. The number of amides is 2. The molecule has 4 rings (SSSR count). The summed E-state index contributed by atoms with van der Waals surface area (Å²) in [5, 5.41) is 13.1. The molecule has 0 radical (unpaired) electrons. The Morgan fingerprint density at radius 3 is 2.81 bits per heavy atom. The first-order chi connectivity index (χ1) is 13.1. The number of aromatic amines is 1. The van der Waals surface area contributed by atoms with Crippen molar-refractivity contribution in [3.63, 3.8) is 0 Å². The summed E-state index contributed by atoms with van der Waals surface area (Å²) in [6.45, 7) is 0.992. The highest BCUT2D eigenvalue weighted by Crippen LogP contribution is 2.30. The fourth-order valence-corrected chi connectivity index (χ4v) is 3.49. The molecule has 0 unspecified atom stereocenters. The number of hydrogen-bond donors (Lipinski definition) is 3. The summed E-state index contributed by atoms with van der Waals surface area (Å²) in [6, 6.07) is 11.9. The molecule has 0 spiro atoms. The Bertz CT molecular complexity index is 1040. The van der Waals surface area contributed by atoms with Crippen molar-refractivity contribution in [1.29, 1.82) is 0 Å². The number of aromatic carboxylic acids is 1. The fourth-order valence-electron chi connectivity index (χ4n) is 3.49. The first kappa shape index (κ1) is 17.0. The van der Waals surface area contributed by atoms with Crippen LogP contribution in [0.4, 0.5) is 10.5 Å². The molecule has 2 heterocycles. The van der Waals surface area contributed by atoms with Gasteiger partial charge in [0.15, 0.2) is 0 Å². The molecule has 0 atom stereocenters. The molecule has 2 amide bonds. The van der Waals surface area contributed by atoms with Crippen molar-refractivity contribution in [3.05, 3.63) is 59.3 Å². The highest BCUT2D eigenvalue weighted by molar-refractivity contribution is 6.00. The monoisotopic (exact) mass is 365 g/mol. The number of para-hydroxylation sites is 1. The lowest BCUT2D eigenvalue weighted by Gasteiger charge is -2.27. The average molecular weight is 365 g/mol.